The predicted octanol–water partition coefficient (Wildman–Crippen LogP) is 3.46. The first-order chi connectivity index (χ1) is 9.20. The molecule has 1 heterocycles. The van der Waals surface area contributed by atoms with Crippen LogP contribution in [-0.4, -0.2) is 4.98 Å². The second-order valence-electron chi connectivity index (χ2n) is 4.28. The standard InChI is InChI=1S/C15H14ClN3/c1-11(12-4-6-14(16)7-5-12)19-10-13-3-2-8-18-15(13)9-17/h2-8,11,19H,10H2,1H3/t11-/m0/s1. The minimum absolute atomic E-state index is 0.184. The third kappa shape index (κ3) is 3.54. The van der Waals surface area contributed by atoms with Gasteiger partial charge < -0.3 is 5.32 Å². The highest BCUT2D eigenvalue weighted by Crippen LogP contribution is 2.16. The van der Waals surface area contributed by atoms with E-state index in [4.69, 9.17) is 16.9 Å². The number of nitrogens with zero attached hydrogens (tertiary/aromatic N) is 2. The summed E-state index contributed by atoms with van der Waals surface area (Å²) in [6.07, 6.45) is 1.63. The lowest BCUT2D eigenvalue weighted by molar-refractivity contribution is 0.573. The molecule has 0 aliphatic rings. The van der Waals surface area contributed by atoms with Gasteiger partial charge >= 0.3 is 0 Å². The number of rotatable bonds is 4. The zero-order valence-corrected chi connectivity index (χ0v) is 11.4. The molecule has 1 aromatic heterocycles. The van der Waals surface area contributed by atoms with Gasteiger partial charge in [0.1, 0.15) is 11.8 Å². The number of halogens is 1. The maximum atomic E-state index is 8.98. The van der Waals surface area contributed by atoms with Crippen molar-refractivity contribution in [2.75, 3.05) is 0 Å². The van der Waals surface area contributed by atoms with Crippen molar-refractivity contribution in [3.63, 3.8) is 0 Å². The summed E-state index contributed by atoms with van der Waals surface area (Å²) < 4.78 is 0. The average molecular weight is 272 g/mol. The van der Waals surface area contributed by atoms with Crippen LogP contribution in [-0.2, 0) is 6.54 Å². The van der Waals surface area contributed by atoms with Gasteiger partial charge in [-0.05, 0) is 30.7 Å². The molecule has 2 aromatic rings. The van der Waals surface area contributed by atoms with Crippen molar-refractivity contribution in [2.24, 2.45) is 0 Å². The molecule has 0 saturated heterocycles. The van der Waals surface area contributed by atoms with Crippen molar-refractivity contribution in [3.05, 3.63) is 64.4 Å². The minimum Gasteiger partial charge on any atom is -0.306 e. The number of hydrogen-bond acceptors (Lipinski definition) is 3. The predicted molar refractivity (Wildman–Crippen MR) is 75.7 cm³/mol. The van der Waals surface area contributed by atoms with Crippen LogP contribution in [0.2, 0.25) is 5.02 Å². The van der Waals surface area contributed by atoms with E-state index in [9.17, 15) is 0 Å². The highest BCUT2D eigenvalue weighted by molar-refractivity contribution is 6.30. The molecule has 0 fully saturated rings. The Bertz CT molecular complexity index is 587. The molecular formula is C15H14ClN3. The number of benzene rings is 1. The highest BCUT2D eigenvalue weighted by atomic mass is 35.5. The largest absolute Gasteiger partial charge is 0.306 e. The quantitative estimate of drug-likeness (QED) is 0.926. The second-order valence-corrected chi connectivity index (χ2v) is 4.71. The zero-order valence-electron chi connectivity index (χ0n) is 10.6. The van der Waals surface area contributed by atoms with Gasteiger partial charge in [-0.1, -0.05) is 29.8 Å². The van der Waals surface area contributed by atoms with Crippen LogP contribution in [0.5, 0.6) is 0 Å². The first-order valence-electron chi connectivity index (χ1n) is 6.03. The number of nitrogens with one attached hydrogen (secondary N) is 1. The third-order valence-electron chi connectivity index (χ3n) is 2.97. The summed E-state index contributed by atoms with van der Waals surface area (Å²) in [6, 6.07) is 13.8. The molecule has 1 aromatic carbocycles. The molecule has 0 aliphatic carbocycles. The molecule has 0 bridgehead atoms. The number of pyridine rings is 1. The minimum atomic E-state index is 0.184. The summed E-state index contributed by atoms with van der Waals surface area (Å²) >= 11 is 5.86. The lowest BCUT2D eigenvalue weighted by Crippen LogP contribution is -2.18. The SMILES string of the molecule is C[C@H](NCc1cccnc1C#N)c1ccc(Cl)cc1. The molecule has 96 valence electrons. The topological polar surface area (TPSA) is 48.7 Å². The van der Waals surface area contributed by atoms with Crippen LogP contribution in [0.3, 0.4) is 0 Å². The molecule has 19 heavy (non-hydrogen) atoms. The van der Waals surface area contributed by atoms with Gasteiger partial charge in [-0.15, -0.1) is 0 Å². The Morgan fingerprint density at radius 2 is 2.05 bits per heavy atom. The lowest BCUT2D eigenvalue weighted by Gasteiger charge is -2.14. The zero-order chi connectivity index (χ0) is 13.7. The van der Waals surface area contributed by atoms with Crippen molar-refractivity contribution in [2.45, 2.75) is 19.5 Å². The fraction of sp³-hybridized carbons (Fsp3) is 0.200. The summed E-state index contributed by atoms with van der Waals surface area (Å²) in [7, 11) is 0. The maximum Gasteiger partial charge on any atom is 0.144 e. The summed E-state index contributed by atoms with van der Waals surface area (Å²) in [5.41, 5.74) is 2.54. The monoisotopic (exact) mass is 271 g/mol. The average Bonchev–Trinajstić information content (AvgIpc) is 2.45. The van der Waals surface area contributed by atoms with E-state index in [1.165, 1.54) is 0 Å². The van der Waals surface area contributed by atoms with Gasteiger partial charge in [0, 0.05) is 29.4 Å². The van der Waals surface area contributed by atoms with E-state index >= 15 is 0 Å². The van der Waals surface area contributed by atoms with Crippen LogP contribution in [0.15, 0.2) is 42.6 Å². The van der Waals surface area contributed by atoms with Crippen LogP contribution in [0, 0.1) is 11.3 Å². The summed E-state index contributed by atoms with van der Waals surface area (Å²) in [5.74, 6) is 0. The van der Waals surface area contributed by atoms with Crippen molar-refractivity contribution in [3.8, 4) is 6.07 Å². The van der Waals surface area contributed by atoms with E-state index < -0.39 is 0 Å². The van der Waals surface area contributed by atoms with Crippen LogP contribution < -0.4 is 5.32 Å². The fourth-order valence-electron chi connectivity index (χ4n) is 1.81. The Kier molecular flexibility index (Phi) is 4.51. The lowest BCUT2D eigenvalue weighted by atomic mass is 10.1. The van der Waals surface area contributed by atoms with Gasteiger partial charge in [0.15, 0.2) is 0 Å². The molecule has 1 atom stereocenters. The molecule has 0 spiro atoms. The molecule has 2 rings (SSSR count). The molecule has 0 saturated carbocycles. The van der Waals surface area contributed by atoms with E-state index in [1.807, 2.05) is 36.4 Å². The molecule has 0 radical (unpaired) electrons. The van der Waals surface area contributed by atoms with Crippen molar-refractivity contribution >= 4 is 11.6 Å². The van der Waals surface area contributed by atoms with Crippen LogP contribution in [0.25, 0.3) is 0 Å². The fourth-order valence-corrected chi connectivity index (χ4v) is 1.94. The van der Waals surface area contributed by atoms with E-state index in [0.717, 1.165) is 16.1 Å². The molecular weight excluding hydrogens is 258 g/mol. The first-order valence-corrected chi connectivity index (χ1v) is 6.41. The Balaban J connectivity index is 2.02. The molecule has 1 N–H and O–H groups in total. The Morgan fingerprint density at radius 3 is 2.74 bits per heavy atom. The molecule has 0 amide bonds. The molecule has 0 aliphatic heterocycles. The smallest absolute Gasteiger partial charge is 0.144 e. The van der Waals surface area contributed by atoms with Crippen molar-refractivity contribution in [1.29, 1.82) is 5.26 Å². The van der Waals surface area contributed by atoms with Crippen LogP contribution >= 0.6 is 11.6 Å². The van der Waals surface area contributed by atoms with Gasteiger partial charge in [-0.2, -0.15) is 5.26 Å². The highest BCUT2D eigenvalue weighted by Gasteiger charge is 2.07. The van der Waals surface area contributed by atoms with E-state index in [2.05, 4.69) is 23.3 Å². The van der Waals surface area contributed by atoms with Crippen molar-refractivity contribution in [1.82, 2.24) is 10.3 Å². The Morgan fingerprint density at radius 1 is 1.32 bits per heavy atom. The van der Waals surface area contributed by atoms with E-state index in [1.54, 1.807) is 6.20 Å². The second kappa shape index (κ2) is 6.33. The number of aromatic nitrogens is 1. The van der Waals surface area contributed by atoms with Gasteiger partial charge in [-0.3, -0.25) is 0 Å². The van der Waals surface area contributed by atoms with Crippen LogP contribution in [0.1, 0.15) is 29.8 Å². The summed E-state index contributed by atoms with van der Waals surface area (Å²) in [6.45, 7) is 2.69. The van der Waals surface area contributed by atoms with Crippen LogP contribution in [0.4, 0.5) is 0 Å². The summed E-state index contributed by atoms with van der Waals surface area (Å²) in [4.78, 5) is 4.04. The molecule has 4 heteroatoms. The number of nitriles is 1. The van der Waals surface area contributed by atoms with Gasteiger partial charge in [0.2, 0.25) is 0 Å². The van der Waals surface area contributed by atoms with Crippen molar-refractivity contribution < 1.29 is 0 Å². The van der Waals surface area contributed by atoms with Gasteiger partial charge in [0.25, 0.3) is 0 Å². The Hall–Kier alpha value is -1.89. The summed E-state index contributed by atoms with van der Waals surface area (Å²) in [5, 5.41) is 13.1. The Labute approximate surface area is 117 Å². The normalized spacial score (nSPS) is 11.8. The number of hydrogen-bond donors (Lipinski definition) is 1. The van der Waals surface area contributed by atoms with Gasteiger partial charge in [0.05, 0.1) is 0 Å². The van der Waals surface area contributed by atoms with E-state index in [-0.39, 0.29) is 6.04 Å². The molecule has 3 nitrogen and oxygen atoms in total. The first kappa shape index (κ1) is 13.5. The third-order valence-corrected chi connectivity index (χ3v) is 3.22. The maximum absolute atomic E-state index is 8.98. The molecule has 0 unspecified atom stereocenters. The van der Waals surface area contributed by atoms with E-state index in [0.29, 0.717) is 12.2 Å². The van der Waals surface area contributed by atoms with Gasteiger partial charge in [-0.25, -0.2) is 4.98 Å².